The lowest BCUT2D eigenvalue weighted by atomic mass is 9.96. The van der Waals surface area contributed by atoms with Crippen LogP contribution in [0.3, 0.4) is 0 Å². The Morgan fingerprint density at radius 2 is 1.88 bits per heavy atom. The number of hydrogen-bond acceptors (Lipinski definition) is 9. The van der Waals surface area contributed by atoms with Crippen LogP contribution in [0.5, 0.6) is 5.88 Å². The molecular weight excluding hydrogens is 406 g/mol. The highest BCUT2D eigenvalue weighted by Gasteiger charge is 2.24. The lowest BCUT2D eigenvalue weighted by Gasteiger charge is -2.34. The van der Waals surface area contributed by atoms with Gasteiger partial charge < -0.3 is 24.6 Å². The molecule has 3 aromatic rings. The fourth-order valence-corrected chi connectivity index (χ4v) is 4.37. The Balaban J connectivity index is 1.28. The van der Waals surface area contributed by atoms with Crippen molar-refractivity contribution in [3.63, 3.8) is 0 Å². The summed E-state index contributed by atoms with van der Waals surface area (Å²) < 4.78 is 10.7. The third kappa shape index (κ3) is 4.52. The molecule has 2 saturated heterocycles. The minimum absolute atomic E-state index is 0.563. The maximum atomic E-state index is 5.52. The molecule has 0 aliphatic carbocycles. The number of nitrogens with zero attached hydrogens (tertiary/aromatic N) is 6. The highest BCUT2D eigenvalue weighted by Crippen LogP contribution is 2.31. The van der Waals surface area contributed by atoms with Gasteiger partial charge in [-0.15, -0.1) is 0 Å². The van der Waals surface area contributed by atoms with Crippen LogP contribution in [-0.2, 0) is 4.74 Å². The maximum Gasteiger partial charge on any atom is 0.225 e. The number of aromatic nitrogens is 4. The summed E-state index contributed by atoms with van der Waals surface area (Å²) in [5.41, 5.74) is 0.998. The van der Waals surface area contributed by atoms with E-state index in [1.807, 2.05) is 12.3 Å². The zero-order valence-corrected chi connectivity index (χ0v) is 18.4. The standard InChI is InChI=1S/C23H29N7O2/c1-31-21-4-8-25-23(28-21)26-16-17-5-9-30(10-6-17)22-18-3-2-7-24-19(18)15-20(27-22)29-11-13-32-14-12-29/h2-4,7-8,15,17H,5-6,9-14,16H2,1H3,(H,25,26,28). The molecule has 0 atom stereocenters. The number of anilines is 3. The fraction of sp³-hybridized carbons (Fsp3) is 0.478. The molecule has 0 spiro atoms. The number of methoxy groups -OCH3 is 1. The van der Waals surface area contributed by atoms with Gasteiger partial charge in [-0.25, -0.2) is 9.97 Å². The van der Waals surface area contributed by atoms with E-state index in [1.165, 1.54) is 0 Å². The average Bonchev–Trinajstić information content (AvgIpc) is 2.88. The van der Waals surface area contributed by atoms with Crippen LogP contribution in [0.15, 0.2) is 36.7 Å². The maximum absolute atomic E-state index is 5.52. The molecule has 2 aliphatic rings. The van der Waals surface area contributed by atoms with Gasteiger partial charge in [0.25, 0.3) is 0 Å². The molecule has 2 aliphatic heterocycles. The molecule has 5 heterocycles. The van der Waals surface area contributed by atoms with Gasteiger partial charge in [0.15, 0.2) is 0 Å². The molecular formula is C23H29N7O2. The number of pyridine rings is 2. The molecule has 5 rings (SSSR count). The van der Waals surface area contributed by atoms with Crippen molar-refractivity contribution in [2.24, 2.45) is 5.92 Å². The normalized spacial score (nSPS) is 17.5. The van der Waals surface area contributed by atoms with Gasteiger partial charge in [-0.05, 0) is 30.9 Å². The van der Waals surface area contributed by atoms with Gasteiger partial charge in [0.05, 0.1) is 25.8 Å². The predicted molar refractivity (Wildman–Crippen MR) is 125 cm³/mol. The Labute approximate surface area is 187 Å². The highest BCUT2D eigenvalue weighted by atomic mass is 16.5. The van der Waals surface area contributed by atoms with Crippen LogP contribution in [-0.4, -0.2) is 73.0 Å². The quantitative estimate of drug-likeness (QED) is 0.627. The number of ether oxygens (including phenoxy) is 2. The average molecular weight is 436 g/mol. The van der Waals surface area contributed by atoms with Gasteiger partial charge in [0.2, 0.25) is 11.8 Å². The number of hydrogen-bond donors (Lipinski definition) is 1. The monoisotopic (exact) mass is 435 g/mol. The Morgan fingerprint density at radius 3 is 2.69 bits per heavy atom. The molecule has 32 heavy (non-hydrogen) atoms. The summed E-state index contributed by atoms with van der Waals surface area (Å²) in [6.07, 6.45) is 5.74. The van der Waals surface area contributed by atoms with Gasteiger partial charge >= 0.3 is 0 Å². The topological polar surface area (TPSA) is 88.5 Å². The number of nitrogens with one attached hydrogen (secondary N) is 1. The Morgan fingerprint density at radius 1 is 1.03 bits per heavy atom. The molecule has 3 aromatic heterocycles. The summed E-state index contributed by atoms with van der Waals surface area (Å²) in [6, 6.07) is 7.98. The molecule has 2 fully saturated rings. The van der Waals surface area contributed by atoms with Crippen molar-refractivity contribution in [2.75, 3.05) is 68.2 Å². The smallest absolute Gasteiger partial charge is 0.225 e. The SMILES string of the molecule is COc1ccnc(NCC2CCN(c3nc(N4CCOCC4)cc4ncccc34)CC2)n1. The van der Waals surface area contributed by atoms with Crippen LogP contribution >= 0.6 is 0 Å². The second-order valence-corrected chi connectivity index (χ2v) is 8.21. The fourth-order valence-electron chi connectivity index (χ4n) is 4.37. The summed E-state index contributed by atoms with van der Waals surface area (Å²) in [4.78, 5) is 23.0. The Kier molecular flexibility index (Phi) is 6.15. The van der Waals surface area contributed by atoms with E-state index in [0.717, 1.165) is 81.3 Å². The zero-order valence-electron chi connectivity index (χ0n) is 18.4. The minimum Gasteiger partial charge on any atom is -0.481 e. The summed E-state index contributed by atoms with van der Waals surface area (Å²) in [6.45, 7) is 6.00. The number of morpholine rings is 1. The van der Waals surface area contributed by atoms with Crippen LogP contribution in [0.1, 0.15) is 12.8 Å². The number of fused-ring (bicyclic) bond motifs is 1. The Hall–Kier alpha value is -3.20. The first kappa shape index (κ1) is 20.7. The van der Waals surface area contributed by atoms with Crippen molar-refractivity contribution in [1.82, 2.24) is 19.9 Å². The summed E-state index contributed by atoms with van der Waals surface area (Å²) >= 11 is 0. The zero-order chi connectivity index (χ0) is 21.8. The molecule has 0 unspecified atom stereocenters. The molecule has 1 N–H and O–H groups in total. The first-order valence-electron chi connectivity index (χ1n) is 11.2. The summed E-state index contributed by atoms with van der Waals surface area (Å²) in [5, 5.41) is 4.48. The minimum atomic E-state index is 0.563. The van der Waals surface area contributed by atoms with Crippen molar-refractivity contribution >= 4 is 28.5 Å². The van der Waals surface area contributed by atoms with Gasteiger partial charge in [-0.2, -0.15) is 4.98 Å². The Bertz CT molecular complexity index is 1050. The van der Waals surface area contributed by atoms with Gasteiger partial charge in [-0.1, -0.05) is 0 Å². The molecule has 168 valence electrons. The van der Waals surface area contributed by atoms with Crippen LogP contribution in [0.25, 0.3) is 10.9 Å². The van der Waals surface area contributed by atoms with Crippen molar-refractivity contribution < 1.29 is 9.47 Å². The first-order valence-corrected chi connectivity index (χ1v) is 11.2. The third-order valence-electron chi connectivity index (χ3n) is 6.20. The van der Waals surface area contributed by atoms with Crippen molar-refractivity contribution in [3.8, 4) is 5.88 Å². The van der Waals surface area contributed by atoms with E-state index in [1.54, 1.807) is 19.4 Å². The molecule has 0 aromatic carbocycles. The summed E-state index contributed by atoms with van der Waals surface area (Å²) in [7, 11) is 1.61. The number of piperidine rings is 1. The van der Waals surface area contributed by atoms with Crippen molar-refractivity contribution in [2.45, 2.75) is 12.8 Å². The first-order chi connectivity index (χ1) is 15.8. The molecule has 0 radical (unpaired) electrons. The second kappa shape index (κ2) is 9.52. The van der Waals surface area contributed by atoms with Crippen LogP contribution in [0.2, 0.25) is 0 Å². The van der Waals surface area contributed by atoms with Gasteiger partial charge in [0.1, 0.15) is 11.6 Å². The molecule has 9 nitrogen and oxygen atoms in total. The lowest BCUT2D eigenvalue weighted by Crippen LogP contribution is -2.38. The largest absolute Gasteiger partial charge is 0.481 e. The molecule has 0 saturated carbocycles. The molecule has 0 amide bonds. The lowest BCUT2D eigenvalue weighted by molar-refractivity contribution is 0.122. The van der Waals surface area contributed by atoms with Crippen molar-refractivity contribution in [3.05, 3.63) is 36.7 Å². The molecule has 9 heteroatoms. The predicted octanol–water partition coefficient (Wildman–Crippen LogP) is 2.59. The van der Waals surface area contributed by atoms with E-state index in [2.05, 4.69) is 42.2 Å². The van der Waals surface area contributed by atoms with Crippen LogP contribution in [0, 0.1) is 5.92 Å². The van der Waals surface area contributed by atoms with E-state index < -0.39 is 0 Å². The number of rotatable bonds is 6. The van der Waals surface area contributed by atoms with Gasteiger partial charge in [0, 0.05) is 62.6 Å². The van der Waals surface area contributed by atoms with Crippen molar-refractivity contribution in [1.29, 1.82) is 0 Å². The second-order valence-electron chi connectivity index (χ2n) is 8.21. The van der Waals surface area contributed by atoms with Crippen LogP contribution in [0.4, 0.5) is 17.6 Å². The van der Waals surface area contributed by atoms with E-state index in [9.17, 15) is 0 Å². The van der Waals surface area contributed by atoms with E-state index >= 15 is 0 Å². The molecule has 0 bridgehead atoms. The van der Waals surface area contributed by atoms with E-state index in [0.29, 0.717) is 17.7 Å². The highest BCUT2D eigenvalue weighted by molar-refractivity contribution is 5.91. The third-order valence-corrected chi connectivity index (χ3v) is 6.20. The van der Waals surface area contributed by atoms with Crippen LogP contribution < -0.4 is 19.9 Å². The summed E-state index contributed by atoms with van der Waals surface area (Å²) in [5.74, 6) is 3.79. The van der Waals surface area contributed by atoms with E-state index in [-0.39, 0.29) is 0 Å². The van der Waals surface area contributed by atoms with E-state index in [4.69, 9.17) is 14.5 Å². The van der Waals surface area contributed by atoms with Gasteiger partial charge in [-0.3, -0.25) is 4.98 Å².